The van der Waals surface area contributed by atoms with Gasteiger partial charge in [0.15, 0.2) is 5.78 Å². The molecule has 1 nitrogen and oxygen atoms in total. The molecule has 0 aromatic heterocycles. The summed E-state index contributed by atoms with van der Waals surface area (Å²) in [6.07, 6.45) is 9.30. The normalized spacial score (nSPS) is 26.8. The van der Waals surface area contributed by atoms with Crippen LogP contribution in [0.4, 0.5) is 0 Å². The zero-order chi connectivity index (χ0) is 11.8. The Labute approximate surface area is 98.6 Å². The van der Waals surface area contributed by atoms with Gasteiger partial charge in [0.1, 0.15) is 0 Å². The molecule has 1 fully saturated rings. The van der Waals surface area contributed by atoms with Crippen LogP contribution in [0.15, 0.2) is 23.8 Å². The van der Waals surface area contributed by atoms with Crippen LogP contribution in [0.1, 0.15) is 52.4 Å². The molecule has 2 aliphatic carbocycles. The third-order valence-electron chi connectivity index (χ3n) is 4.12. The van der Waals surface area contributed by atoms with Crippen molar-refractivity contribution in [1.82, 2.24) is 0 Å². The molecule has 2 rings (SSSR count). The van der Waals surface area contributed by atoms with Gasteiger partial charge in [-0.05, 0) is 42.2 Å². The quantitative estimate of drug-likeness (QED) is 0.607. The lowest BCUT2D eigenvalue weighted by Gasteiger charge is -2.38. The molecule has 2 aliphatic rings. The Morgan fingerprint density at radius 2 is 1.88 bits per heavy atom. The molecule has 0 bridgehead atoms. The predicted molar refractivity (Wildman–Crippen MR) is 67.2 cm³/mol. The smallest absolute Gasteiger partial charge is 0.181 e. The fourth-order valence-electron chi connectivity index (χ4n) is 3.25. The highest BCUT2D eigenvalue weighted by Crippen LogP contribution is 2.45. The van der Waals surface area contributed by atoms with Crippen LogP contribution in [-0.2, 0) is 4.79 Å². The van der Waals surface area contributed by atoms with E-state index >= 15 is 0 Å². The molecule has 0 heterocycles. The van der Waals surface area contributed by atoms with E-state index in [0.717, 1.165) is 12.0 Å². The second-order valence-electron chi connectivity index (χ2n) is 5.96. The molecule has 0 atom stereocenters. The van der Waals surface area contributed by atoms with E-state index in [1.54, 1.807) is 0 Å². The molecule has 0 aromatic carbocycles. The van der Waals surface area contributed by atoms with Crippen LogP contribution in [0, 0.1) is 11.3 Å². The topological polar surface area (TPSA) is 17.1 Å². The van der Waals surface area contributed by atoms with Crippen LogP contribution in [0.3, 0.4) is 0 Å². The number of hydrogen-bond acceptors (Lipinski definition) is 1. The van der Waals surface area contributed by atoms with Crippen molar-refractivity contribution in [2.75, 3.05) is 0 Å². The molecule has 0 N–H and O–H groups in total. The summed E-state index contributed by atoms with van der Waals surface area (Å²) in [5, 5.41) is 0. The molecule has 0 radical (unpaired) electrons. The van der Waals surface area contributed by atoms with E-state index in [1.165, 1.54) is 37.7 Å². The first-order chi connectivity index (χ1) is 7.50. The monoisotopic (exact) mass is 218 g/mol. The minimum Gasteiger partial charge on any atom is -0.290 e. The van der Waals surface area contributed by atoms with Crippen LogP contribution in [0.2, 0.25) is 0 Å². The van der Waals surface area contributed by atoms with E-state index in [0.29, 0.717) is 5.92 Å². The Bertz CT molecular complexity index is 340. The molecule has 0 amide bonds. The summed E-state index contributed by atoms with van der Waals surface area (Å²) in [7, 11) is 0. The highest BCUT2D eigenvalue weighted by atomic mass is 16.1. The molecular weight excluding hydrogens is 196 g/mol. The zero-order valence-electron chi connectivity index (χ0n) is 10.5. The molecule has 0 spiro atoms. The predicted octanol–water partition coefficient (Wildman–Crippen LogP) is 4.05. The van der Waals surface area contributed by atoms with Gasteiger partial charge in [0.2, 0.25) is 0 Å². The fraction of sp³-hybridized carbons (Fsp3) is 0.667. The summed E-state index contributed by atoms with van der Waals surface area (Å²) in [6.45, 7) is 8.39. The first-order valence-electron chi connectivity index (χ1n) is 6.45. The highest BCUT2D eigenvalue weighted by Gasteiger charge is 2.35. The Morgan fingerprint density at radius 3 is 2.50 bits per heavy atom. The average Bonchev–Trinajstić information content (AvgIpc) is 2.24. The van der Waals surface area contributed by atoms with Crippen molar-refractivity contribution in [2.45, 2.75) is 52.4 Å². The Hall–Kier alpha value is -0.850. The molecule has 0 saturated heterocycles. The van der Waals surface area contributed by atoms with E-state index in [4.69, 9.17) is 0 Å². The van der Waals surface area contributed by atoms with Crippen molar-refractivity contribution < 1.29 is 4.79 Å². The summed E-state index contributed by atoms with van der Waals surface area (Å²) >= 11 is 0. The SMILES string of the molecule is C=C1CC(C)(C)C(C2CCCCC2)=CC1=O. The lowest BCUT2D eigenvalue weighted by Crippen LogP contribution is -2.29. The standard InChI is InChI=1S/C15H22O/c1-11-10-15(2,3)13(9-14(11)16)12-7-5-4-6-8-12/h9,12H,1,4-8,10H2,2-3H3. The molecule has 88 valence electrons. The van der Waals surface area contributed by atoms with E-state index in [-0.39, 0.29) is 11.2 Å². The molecule has 0 unspecified atom stereocenters. The van der Waals surface area contributed by atoms with Gasteiger partial charge in [0.05, 0.1) is 0 Å². The van der Waals surface area contributed by atoms with Crippen molar-refractivity contribution in [3.8, 4) is 0 Å². The van der Waals surface area contributed by atoms with Gasteiger partial charge in [-0.15, -0.1) is 0 Å². The number of allylic oxidation sites excluding steroid dienone is 3. The number of rotatable bonds is 1. The Morgan fingerprint density at radius 1 is 1.25 bits per heavy atom. The largest absolute Gasteiger partial charge is 0.290 e. The van der Waals surface area contributed by atoms with Crippen molar-refractivity contribution in [1.29, 1.82) is 0 Å². The lowest BCUT2D eigenvalue weighted by atomic mass is 9.66. The van der Waals surface area contributed by atoms with Gasteiger partial charge in [-0.25, -0.2) is 0 Å². The Balaban J connectivity index is 2.26. The van der Waals surface area contributed by atoms with E-state index in [1.807, 2.05) is 6.08 Å². The summed E-state index contributed by atoms with van der Waals surface area (Å²) in [6, 6.07) is 0. The number of ketones is 1. The molecule has 0 aromatic rings. The van der Waals surface area contributed by atoms with E-state index in [9.17, 15) is 4.79 Å². The van der Waals surface area contributed by atoms with Crippen molar-refractivity contribution >= 4 is 5.78 Å². The maximum atomic E-state index is 11.8. The number of hydrogen-bond donors (Lipinski definition) is 0. The second-order valence-corrected chi connectivity index (χ2v) is 5.96. The zero-order valence-corrected chi connectivity index (χ0v) is 10.5. The van der Waals surface area contributed by atoms with Gasteiger partial charge < -0.3 is 0 Å². The first kappa shape index (κ1) is 11.6. The van der Waals surface area contributed by atoms with Crippen LogP contribution in [-0.4, -0.2) is 5.78 Å². The maximum Gasteiger partial charge on any atom is 0.181 e. The Kier molecular flexibility index (Phi) is 3.05. The van der Waals surface area contributed by atoms with Gasteiger partial charge in [-0.1, -0.05) is 45.3 Å². The molecule has 1 heteroatoms. The molecule has 0 aliphatic heterocycles. The average molecular weight is 218 g/mol. The van der Waals surface area contributed by atoms with Gasteiger partial charge in [0.25, 0.3) is 0 Å². The third-order valence-corrected chi connectivity index (χ3v) is 4.12. The highest BCUT2D eigenvalue weighted by molar-refractivity contribution is 6.05. The summed E-state index contributed by atoms with van der Waals surface area (Å²) in [5.41, 5.74) is 2.32. The minimum atomic E-state index is 0.146. The second kappa shape index (κ2) is 4.20. The summed E-state index contributed by atoms with van der Waals surface area (Å²) in [4.78, 5) is 11.8. The van der Waals surface area contributed by atoms with Gasteiger partial charge >= 0.3 is 0 Å². The van der Waals surface area contributed by atoms with Crippen molar-refractivity contribution in [2.24, 2.45) is 11.3 Å². The van der Waals surface area contributed by atoms with Crippen molar-refractivity contribution in [3.63, 3.8) is 0 Å². The van der Waals surface area contributed by atoms with Gasteiger partial charge in [-0.3, -0.25) is 4.79 Å². The van der Waals surface area contributed by atoms with E-state index < -0.39 is 0 Å². The number of carbonyl (C=O) groups is 1. The fourth-order valence-corrected chi connectivity index (χ4v) is 3.25. The van der Waals surface area contributed by atoms with Crippen LogP contribution < -0.4 is 0 Å². The van der Waals surface area contributed by atoms with E-state index in [2.05, 4.69) is 20.4 Å². The minimum absolute atomic E-state index is 0.146. The third kappa shape index (κ3) is 2.14. The van der Waals surface area contributed by atoms with Gasteiger partial charge in [0, 0.05) is 0 Å². The van der Waals surface area contributed by atoms with Crippen molar-refractivity contribution in [3.05, 3.63) is 23.8 Å². The molecular formula is C15H22O. The lowest BCUT2D eigenvalue weighted by molar-refractivity contribution is -0.112. The van der Waals surface area contributed by atoms with Crippen LogP contribution >= 0.6 is 0 Å². The number of carbonyl (C=O) groups excluding carboxylic acids is 1. The summed E-state index contributed by atoms with van der Waals surface area (Å²) < 4.78 is 0. The van der Waals surface area contributed by atoms with Crippen LogP contribution in [0.5, 0.6) is 0 Å². The summed E-state index contributed by atoms with van der Waals surface area (Å²) in [5.74, 6) is 0.820. The first-order valence-corrected chi connectivity index (χ1v) is 6.45. The maximum absolute atomic E-state index is 11.8. The van der Waals surface area contributed by atoms with Gasteiger partial charge in [-0.2, -0.15) is 0 Å². The molecule has 1 saturated carbocycles. The van der Waals surface area contributed by atoms with Crippen LogP contribution in [0.25, 0.3) is 0 Å². The molecule has 16 heavy (non-hydrogen) atoms.